The first-order valence-electron chi connectivity index (χ1n) is 5.35. The smallest absolute Gasteiger partial charge is 0.123 e. The first kappa shape index (κ1) is 12.0. The number of aryl methyl sites for hydroxylation is 1. The van der Waals surface area contributed by atoms with Gasteiger partial charge in [0.15, 0.2) is 0 Å². The van der Waals surface area contributed by atoms with E-state index in [-0.39, 0.29) is 5.82 Å². The van der Waals surface area contributed by atoms with Gasteiger partial charge in [-0.05, 0) is 42.3 Å². The summed E-state index contributed by atoms with van der Waals surface area (Å²) in [5.41, 5.74) is 2.19. The Morgan fingerprint density at radius 2 is 1.71 bits per heavy atom. The molecule has 0 bridgehead atoms. The Morgan fingerprint density at radius 1 is 1.06 bits per heavy atom. The number of hydrogen-bond acceptors (Lipinski definition) is 1. The third-order valence-corrected chi connectivity index (χ3v) is 4.00. The van der Waals surface area contributed by atoms with Crippen molar-refractivity contribution < 1.29 is 8.60 Å². The molecular formula is C14H13FOS. The Morgan fingerprint density at radius 3 is 2.35 bits per heavy atom. The molecule has 0 spiro atoms. The third-order valence-electron chi connectivity index (χ3n) is 2.62. The Balaban J connectivity index is 2.17. The van der Waals surface area contributed by atoms with Gasteiger partial charge in [0.2, 0.25) is 0 Å². The lowest BCUT2D eigenvalue weighted by Crippen LogP contribution is -1.98. The zero-order valence-electron chi connectivity index (χ0n) is 9.52. The molecule has 0 aliphatic rings. The van der Waals surface area contributed by atoms with E-state index in [0.29, 0.717) is 10.6 Å². The maximum absolute atomic E-state index is 12.7. The third kappa shape index (κ3) is 3.01. The van der Waals surface area contributed by atoms with E-state index in [1.807, 2.05) is 31.2 Å². The Bertz CT molecular complexity index is 534. The average Bonchev–Trinajstić information content (AvgIpc) is 2.33. The van der Waals surface area contributed by atoms with Crippen molar-refractivity contribution in [3.63, 3.8) is 0 Å². The topological polar surface area (TPSA) is 17.1 Å². The van der Waals surface area contributed by atoms with Gasteiger partial charge in [0.05, 0.1) is 16.6 Å². The summed E-state index contributed by atoms with van der Waals surface area (Å²) >= 11 is 0. The highest BCUT2D eigenvalue weighted by Crippen LogP contribution is 2.15. The second kappa shape index (κ2) is 5.23. The zero-order chi connectivity index (χ0) is 12.3. The SMILES string of the molecule is Cc1ccccc1CS(=O)c1ccc(F)cc1. The normalized spacial score (nSPS) is 12.4. The standard InChI is InChI=1S/C14H13FOS/c1-11-4-2-3-5-12(11)10-17(16)14-8-6-13(15)7-9-14/h2-9H,10H2,1H3. The van der Waals surface area contributed by atoms with E-state index in [0.717, 1.165) is 11.1 Å². The maximum atomic E-state index is 12.7. The van der Waals surface area contributed by atoms with Gasteiger partial charge in [-0.2, -0.15) is 0 Å². The summed E-state index contributed by atoms with van der Waals surface area (Å²) in [7, 11) is -1.12. The quantitative estimate of drug-likeness (QED) is 0.813. The molecule has 17 heavy (non-hydrogen) atoms. The molecule has 88 valence electrons. The van der Waals surface area contributed by atoms with Gasteiger partial charge in [0, 0.05) is 4.90 Å². The van der Waals surface area contributed by atoms with Crippen LogP contribution in [0.15, 0.2) is 53.4 Å². The molecule has 2 aromatic rings. The van der Waals surface area contributed by atoms with Crippen LogP contribution in [0.25, 0.3) is 0 Å². The summed E-state index contributed by atoms with van der Waals surface area (Å²) in [4.78, 5) is 0.662. The van der Waals surface area contributed by atoms with Crippen LogP contribution in [0, 0.1) is 12.7 Å². The van der Waals surface area contributed by atoms with E-state index >= 15 is 0 Å². The van der Waals surface area contributed by atoms with Crippen LogP contribution in [-0.4, -0.2) is 4.21 Å². The molecule has 0 aliphatic heterocycles. The molecule has 0 fully saturated rings. The summed E-state index contributed by atoms with van der Waals surface area (Å²) in [5, 5.41) is 0. The molecule has 3 heteroatoms. The molecule has 0 heterocycles. The van der Waals surface area contributed by atoms with Crippen molar-refractivity contribution in [3.05, 3.63) is 65.5 Å². The first-order valence-corrected chi connectivity index (χ1v) is 6.67. The van der Waals surface area contributed by atoms with E-state index in [9.17, 15) is 8.60 Å². The first-order chi connectivity index (χ1) is 8.16. The van der Waals surface area contributed by atoms with Crippen LogP contribution in [-0.2, 0) is 16.6 Å². The van der Waals surface area contributed by atoms with Crippen LogP contribution in [0.5, 0.6) is 0 Å². The van der Waals surface area contributed by atoms with Crippen LogP contribution in [0.1, 0.15) is 11.1 Å². The average molecular weight is 248 g/mol. The van der Waals surface area contributed by atoms with Gasteiger partial charge in [-0.15, -0.1) is 0 Å². The second-order valence-corrected chi connectivity index (χ2v) is 5.32. The fourth-order valence-corrected chi connectivity index (χ4v) is 2.80. The van der Waals surface area contributed by atoms with Gasteiger partial charge < -0.3 is 0 Å². The van der Waals surface area contributed by atoms with Gasteiger partial charge in [-0.25, -0.2) is 4.39 Å². The molecule has 0 saturated heterocycles. The molecule has 1 nitrogen and oxygen atoms in total. The Labute approximate surface area is 103 Å². The van der Waals surface area contributed by atoms with E-state index in [4.69, 9.17) is 0 Å². The van der Waals surface area contributed by atoms with E-state index in [1.165, 1.54) is 12.1 Å². The molecule has 1 atom stereocenters. The minimum Gasteiger partial charge on any atom is -0.254 e. The molecule has 0 saturated carbocycles. The van der Waals surface area contributed by atoms with E-state index in [2.05, 4.69) is 0 Å². The van der Waals surface area contributed by atoms with Crippen molar-refractivity contribution in [2.75, 3.05) is 0 Å². The van der Waals surface area contributed by atoms with Crippen molar-refractivity contribution in [1.82, 2.24) is 0 Å². The molecule has 0 aromatic heterocycles. The van der Waals surface area contributed by atoms with Crippen LogP contribution in [0.3, 0.4) is 0 Å². The number of benzene rings is 2. The lowest BCUT2D eigenvalue weighted by Gasteiger charge is -2.05. The summed E-state index contributed by atoms with van der Waals surface area (Å²) in [6.45, 7) is 2.00. The molecule has 1 unspecified atom stereocenters. The van der Waals surface area contributed by atoms with Crippen molar-refractivity contribution in [2.45, 2.75) is 17.6 Å². The van der Waals surface area contributed by atoms with Crippen LogP contribution >= 0.6 is 0 Å². The minimum atomic E-state index is -1.12. The molecule has 0 aliphatic carbocycles. The number of halogens is 1. The highest BCUT2D eigenvalue weighted by molar-refractivity contribution is 7.84. The van der Waals surface area contributed by atoms with Crippen molar-refractivity contribution in [3.8, 4) is 0 Å². The van der Waals surface area contributed by atoms with Crippen molar-refractivity contribution >= 4 is 10.8 Å². The van der Waals surface area contributed by atoms with Crippen LogP contribution < -0.4 is 0 Å². The number of rotatable bonds is 3. The highest BCUT2D eigenvalue weighted by atomic mass is 32.2. The predicted molar refractivity (Wildman–Crippen MR) is 67.7 cm³/mol. The summed E-state index contributed by atoms with van der Waals surface area (Å²) < 4.78 is 24.8. The molecule has 0 amide bonds. The second-order valence-electron chi connectivity index (χ2n) is 3.87. The predicted octanol–water partition coefficient (Wildman–Crippen LogP) is 3.44. The van der Waals surface area contributed by atoms with Crippen LogP contribution in [0.4, 0.5) is 4.39 Å². The van der Waals surface area contributed by atoms with Crippen LogP contribution in [0.2, 0.25) is 0 Å². The molecule has 2 aromatic carbocycles. The molecular weight excluding hydrogens is 235 g/mol. The highest BCUT2D eigenvalue weighted by Gasteiger charge is 2.06. The van der Waals surface area contributed by atoms with E-state index in [1.54, 1.807) is 12.1 Å². The fourth-order valence-electron chi connectivity index (χ4n) is 1.58. The Hall–Kier alpha value is -1.48. The maximum Gasteiger partial charge on any atom is 0.123 e. The largest absolute Gasteiger partial charge is 0.254 e. The zero-order valence-corrected chi connectivity index (χ0v) is 10.3. The summed E-state index contributed by atoms with van der Waals surface area (Å²) in [6, 6.07) is 13.7. The monoisotopic (exact) mass is 248 g/mol. The van der Waals surface area contributed by atoms with Gasteiger partial charge in [0.25, 0.3) is 0 Å². The number of hydrogen-bond donors (Lipinski definition) is 0. The molecule has 0 N–H and O–H groups in total. The van der Waals surface area contributed by atoms with Gasteiger partial charge >= 0.3 is 0 Å². The molecule has 0 radical (unpaired) electrons. The lowest BCUT2D eigenvalue weighted by atomic mass is 10.1. The minimum absolute atomic E-state index is 0.304. The van der Waals surface area contributed by atoms with Gasteiger partial charge in [-0.1, -0.05) is 24.3 Å². The Kier molecular flexibility index (Phi) is 3.69. The molecule has 2 rings (SSSR count). The van der Waals surface area contributed by atoms with Crippen molar-refractivity contribution in [1.29, 1.82) is 0 Å². The fraction of sp³-hybridized carbons (Fsp3) is 0.143. The van der Waals surface area contributed by atoms with Gasteiger partial charge in [0.1, 0.15) is 5.82 Å². The van der Waals surface area contributed by atoms with Crippen molar-refractivity contribution in [2.24, 2.45) is 0 Å². The summed E-state index contributed by atoms with van der Waals surface area (Å²) in [6.07, 6.45) is 0. The van der Waals surface area contributed by atoms with Gasteiger partial charge in [-0.3, -0.25) is 4.21 Å². The lowest BCUT2D eigenvalue weighted by molar-refractivity contribution is 0.626. The summed E-state index contributed by atoms with van der Waals surface area (Å²) in [5.74, 6) is 0.167. The van der Waals surface area contributed by atoms with E-state index < -0.39 is 10.8 Å².